The van der Waals surface area contributed by atoms with Crippen molar-refractivity contribution in [3.8, 4) is 0 Å². The fraction of sp³-hybridized carbons (Fsp3) is 0.600. The van der Waals surface area contributed by atoms with E-state index in [0.717, 1.165) is 25.2 Å². The second-order valence-corrected chi connectivity index (χ2v) is 5.64. The van der Waals surface area contributed by atoms with Gasteiger partial charge in [0.05, 0.1) is 0 Å². The van der Waals surface area contributed by atoms with E-state index in [1.165, 1.54) is 0 Å². The predicted octanol–water partition coefficient (Wildman–Crippen LogP) is 1.38. The number of nitrogens with zero attached hydrogens (tertiary/aromatic N) is 3. The number of aromatic nitrogens is 1. The molecule has 0 amide bonds. The summed E-state index contributed by atoms with van der Waals surface area (Å²) in [4.78, 5) is 6.51. The molecular formula is C15H27N5O. The number of pyridine rings is 1. The van der Waals surface area contributed by atoms with Gasteiger partial charge >= 0.3 is 0 Å². The average molecular weight is 293 g/mol. The summed E-state index contributed by atoms with van der Waals surface area (Å²) < 4.78 is 0. The first-order valence-electron chi connectivity index (χ1n) is 7.35. The Morgan fingerprint density at radius 3 is 2.62 bits per heavy atom. The lowest BCUT2D eigenvalue weighted by Crippen LogP contribution is -2.41. The highest BCUT2D eigenvalue weighted by atomic mass is 16.4. The second kappa shape index (κ2) is 8.59. The third-order valence-electron chi connectivity index (χ3n) is 3.40. The lowest BCUT2D eigenvalue weighted by atomic mass is 10.2. The smallest absolute Gasteiger partial charge is 0.188 e. The average Bonchev–Trinajstić information content (AvgIpc) is 2.45. The molecule has 0 aliphatic heterocycles. The standard InChI is InChI=1S/C15H27N5O/c1-11(2)20(12(3)4)8-7-17-10-13-5-6-18-14(9-13)15(16)19-21/h5-6,9,11-12,17,21H,7-8,10H2,1-4H3,(H2,16,19). The maximum atomic E-state index is 8.66. The monoisotopic (exact) mass is 293 g/mol. The summed E-state index contributed by atoms with van der Waals surface area (Å²) in [5, 5.41) is 15.0. The molecule has 0 aliphatic rings. The number of nitrogens with two attached hydrogens (primary N) is 1. The van der Waals surface area contributed by atoms with Gasteiger partial charge < -0.3 is 16.3 Å². The topological polar surface area (TPSA) is 86.8 Å². The molecule has 6 heteroatoms. The summed E-state index contributed by atoms with van der Waals surface area (Å²) in [7, 11) is 0. The Balaban J connectivity index is 2.46. The van der Waals surface area contributed by atoms with Crippen LogP contribution in [-0.2, 0) is 6.54 Å². The van der Waals surface area contributed by atoms with Crippen LogP contribution < -0.4 is 11.1 Å². The largest absolute Gasteiger partial charge is 0.409 e. The number of hydrogen-bond acceptors (Lipinski definition) is 5. The SMILES string of the molecule is CC(C)N(CCNCc1ccnc(C(N)=NO)c1)C(C)C. The van der Waals surface area contributed by atoms with Crippen molar-refractivity contribution in [2.24, 2.45) is 10.9 Å². The third kappa shape index (κ3) is 5.69. The van der Waals surface area contributed by atoms with Crippen molar-refractivity contribution >= 4 is 5.84 Å². The molecule has 0 radical (unpaired) electrons. The summed E-state index contributed by atoms with van der Waals surface area (Å²) in [6.07, 6.45) is 1.67. The molecule has 0 spiro atoms. The van der Waals surface area contributed by atoms with Gasteiger partial charge in [-0.15, -0.1) is 0 Å². The minimum absolute atomic E-state index is 0.0302. The zero-order valence-corrected chi connectivity index (χ0v) is 13.4. The fourth-order valence-corrected chi connectivity index (χ4v) is 2.33. The van der Waals surface area contributed by atoms with E-state index in [1.54, 1.807) is 6.20 Å². The van der Waals surface area contributed by atoms with Gasteiger partial charge in [-0.2, -0.15) is 0 Å². The molecule has 6 nitrogen and oxygen atoms in total. The zero-order chi connectivity index (χ0) is 15.8. The van der Waals surface area contributed by atoms with E-state index < -0.39 is 0 Å². The van der Waals surface area contributed by atoms with Crippen molar-refractivity contribution in [3.63, 3.8) is 0 Å². The van der Waals surface area contributed by atoms with Crippen LogP contribution in [0.2, 0.25) is 0 Å². The molecule has 0 fully saturated rings. The maximum Gasteiger partial charge on any atom is 0.188 e. The van der Waals surface area contributed by atoms with Crippen LogP contribution in [0.15, 0.2) is 23.5 Å². The van der Waals surface area contributed by atoms with Gasteiger partial charge in [0.25, 0.3) is 0 Å². The number of rotatable bonds is 8. The lowest BCUT2D eigenvalue weighted by molar-refractivity contribution is 0.176. The summed E-state index contributed by atoms with van der Waals surface area (Å²) in [6.45, 7) is 11.5. The van der Waals surface area contributed by atoms with E-state index in [2.05, 4.69) is 48.1 Å². The van der Waals surface area contributed by atoms with E-state index in [0.29, 0.717) is 17.8 Å². The van der Waals surface area contributed by atoms with Crippen molar-refractivity contribution in [3.05, 3.63) is 29.6 Å². The number of nitrogens with one attached hydrogen (secondary N) is 1. The van der Waals surface area contributed by atoms with Gasteiger partial charge in [-0.3, -0.25) is 9.88 Å². The Bertz CT molecular complexity index is 451. The van der Waals surface area contributed by atoms with E-state index in [-0.39, 0.29) is 5.84 Å². The van der Waals surface area contributed by atoms with Gasteiger partial charge in [0, 0.05) is 37.9 Å². The Morgan fingerprint density at radius 2 is 2.05 bits per heavy atom. The van der Waals surface area contributed by atoms with Gasteiger partial charge in [-0.05, 0) is 45.4 Å². The normalized spacial score (nSPS) is 12.6. The van der Waals surface area contributed by atoms with E-state index in [9.17, 15) is 0 Å². The highest BCUT2D eigenvalue weighted by molar-refractivity contribution is 5.95. The molecule has 0 aliphatic carbocycles. The molecule has 1 heterocycles. The van der Waals surface area contributed by atoms with Crippen molar-refractivity contribution in [1.29, 1.82) is 0 Å². The first-order chi connectivity index (χ1) is 9.95. The molecule has 1 rings (SSSR count). The molecule has 118 valence electrons. The van der Waals surface area contributed by atoms with Crippen LogP contribution in [0.1, 0.15) is 39.0 Å². The quantitative estimate of drug-likeness (QED) is 0.222. The third-order valence-corrected chi connectivity index (χ3v) is 3.40. The molecule has 0 aromatic carbocycles. The summed E-state index contributed by atoms with van der Waals surface area (Å²) in [5.74, 6) is 0.0302. The number of hydrogen-bond donors (Lipinski definition) is 3. The van der Waals surface area contributed by atoms with Crippen LogP contribution in [-0.4, -0.2) is 46.1 Å². The first-order valence-corrected chi connectivity index (χ1v) is 7.35. The highest BCUT2D eigenvalue weighted by Crippen LogP contribution is 2.04. The van der Waals surface area contributed by atoms with Crippen molar-refractivity contribution in [2.45, 2.75) is 46.3 Å². The molecule has 21 heavy (non-hydrogen) atoms. The number of amidine groups is 1. The van der Waals surface area contributed by atoms with Gasteiger partial charge in [0.2, 0.25) is 0 Å². The second-order valence-electron chi connectivity index (χ2n) is 5.64. The van der Waals surface area contributed by atoms with Crippen LogP contribution in [0.3, 0.4) is 0 Å². The summed E-state index contributed by atoms with van der Waals surface area (Å²) >= 11 is 0. The minimum atomic E-state index is 0.0302. The van der Waals surface area contributed by atoms with Gasteiger partial charge in [0.15, 0.2) is 5.84 Å². The van der Waals surface area contributed by atoms with Gasteiger partial charge in [-0.1, -0.05) is 5.16 Å². The number of oxime groups is 1. The van der Waals surface area contributed by atoms with E-state index >= 15 is 0 Å². The van der Waals surface area contributed by atoms with Crippen LogP contribution in [0.5, 0.6) is 0 Å². The Kier molecular flexibility index (Phi) is 7.11. The summed E-state index contributed by atoms with van der Waals surface area (Å²) in [6, 6.07) is 4.83. The molecular weight excluding hydrogens is 266 g/mol. The van der Waals surface area contributed by atoms with Crippen LogP contribution in [0.25, 0.3) is 0 Å². The van der Waals surface area contributed by atoms with Crippen molar-refractivity contribution < 1.29 is 5.21 Å². The minimum Gasteiger partial charge on any atom is -0.409 e. The van der Waals surface area contributed by atoms with Gasteiger partial charge in [0.1, 0.15) is 5.69 Å². The van der Waals surface area contributed by atoms with Crippen LogP contribution in [0, 0.1) is 0 Å². The molecule has 0 saturated heterocycles. The van der Waals surface area contributed by atoms with Crippen LogP contribution in [0.4, 0.5) is 0 Å². The van der Waals surface area contributed by atoms with Crippen molar-refractivity contribution in [1.82, 2.24) is 15.2 Å². The van der Waals surface area contributed by atoms with E-state index in [4.69, 9.17) is 10.9 Å². The lowest BCUT2D eigenvalue weighted by Gasteiger charge is -2.30. The molecule has 0 unspecified atom stereocenters. The summed E-state index contributed by atoms with van der Waals surface area (Å²) in [5.41, 5.74) is 7.09. The molecule has 1 aromatic heterocycles. The maximum absolute atomic E-state index is 8.66. The fourth-order valence-electron chi connectivity index (χ4n) is 2.33. The molecule has 0 atom stereocenters. The Morgan fingerprint density at radius 1 is 1.38 bits per heavy atom. The molecule has 4 N–H and O–H groups in total. The Hall–Kier alpha value is -1.66. The van der Waals surface area contributed by atoms with Crippen LogP contribution >= 0.6 is 0 Å². The molecule has 1 aromatic rings. The molecule has 0 saturated carbocycles. The highest BCUT2D eigenvalue weighted by Gasteiger charge is 2.12. The van der Waals surface area contributed by atoms with E-state index in [1.807, 2.05) is 12.1 Å². The van der Waals surface area contributed by atoms with Gasteiger partial charge in [-0.25, -0.2) is 0 Å². The van der Waals surface area contributed by atoms with Crippen molar-refractivity contribution in [2.75, 3.05) is 13.1 Å². The predicted molar refractivity (Wildman–Crippen MR) is 85.4 cm³/mol. The Labute approximate surface area is 127 Å². The first kappa shape index (κ1) is 17.4. The molecule has 0 bridgehead atoms. The zero-order valence-electron chi connectivity index (χ0n) is 13.4.